The standard InChI is InChI=1S/C19H21F4N3O4S/c1-3-26(4-2)31(28,29)16-10-13(7-8-15(16)20)17(27)25-11-14-6-5-9-24-18(14)30-12-19(21,22)23/h5-10H,3-4,11-12H2,1-2H3,(H,25,27). The maximum atomic E-state index is 14.2. The van der Waals surface area contributed by atoms with E-state index in [9.17, 15) is 30.8 Å². The van der Waals surface area contributed by atoms with Gasteiger partial charge in [-0.3, -0.25) is 4.79 Å². The summed E-state index contributed by atoms with van der Waals surface area (Å²) < 4.78 is 82.2. The number of benzene rings is 1. The van der Waals surface area contributed by atoms with Gasteiger partial charge in [-0.1, -0.05) is 19.9 Å². The van der Waals surface area contributed by atoms with Crippen LogP contribution in [0.5, 0.6) is 5.88 Å². The maximum Gasteiger partial charge on any atom is 0.422 e. The fourth-order valence-corrected chi connectivity index (χ4v) is 4.21. The van der Waals surface area contributed by atoms with Crippen molar-refractivity contribution in [3.63, 3.8) is 0 Å². The van der Waals surface area contributed by atoms with Crippen LogP contribution in [-0.4, -0.2) is 49.5 Å². The Kier molecular flexibility index (Phi) is 7.96. The minimum Gasteiger partial charge on any atom is -0.468 e. The minimum absolute atomic E-state index is 0.121. The predicted octanol–water partition coefficient (Wildman–Crippen LogP) is 3.12. The van der Waals surface area contributed by atoms with Crippen LogP contribution in [0.2, 0.25) is 0 Å². The molecule has 0 atom stereocenters. The fourth-order valence-electron chi connectivity index (χ4n) is 2.66. The van der Waals surface area contributed by atoms with Crippen molar-refractivity contribution in [3.8, 4) is 5.88 Å². The van der Waals surface area contributed by atoms with Crippen molar-refractivity contribution in [2.45, 2.75) is 31.5 Å². The summed E-state index contributed by atoms with van der Waals surface area (Å²) in [7, 11) is -4.14. The molecule has 1 amide bonds. The zero-order valence-corrected chi connectivity index (χ0v) is 17.6. The van der Waals surface area contributed by atoms with Crippen LogP contribution in [0, 0.1) is 5.82 Å². The Morgan fingerprint density at radius 2 is 1.87 bits per heavy atom. The van der Waals surface area contributed by atoms with Crippen molar-refractivity contribution in [1.29, 1.82) is 0 Å². The second-order valence-corrected chi connectivity index (χ2v) is 8.20. The molecule has 31 heavy (non-hydrogen) atoms. The molecule has 0 unspecified atom stereocenters. The molecular weight excluding hydrogens is 442 g/mol. The molecule has 0 aliphatic carbocycles. The highest BCUT2D eigenvalue weighted by molar-refractivity contribution is 7.89. The Bertz CT molecular complexity index is 1030. The molecule has 0 aliphatic rings. The van der Waals surface area contributed by atoms with Crippen LogP contribution in [0.25, 0.3) is 0 Å². The molecule has 0 aliphatic heterocycles. The van der Waals surface area contributed by atoms with Crippen molar-refractivity contribution in [2.24, 2.45) is 0 Å². The van der Waals surface area contributed by atoms with Gasteiger partial charge in [0.2, 0.25) is 15.9 Å². The first kappa shape index (κ1) is 24.5. The monoisotopic (exact) mass is 463 g/mol. The minimum atomic E-state index is -4.56. The average molecular weight is 463 g/mol. The molecule has 12 heteroatoms. The van der Waals surface area contributed by atoms with Crippen LogP contribution in [0.4, 0.5) is 17.6 Å². The number of nitrogens with zero attached hydrogens (tertiary/aromatic N) is 2. The molecule has 0 fully saturated rings. The normalized spacial score (nSPS) is 12.1. The van der Waals surface area contributed by atoms with Gasteiger partial charge in [0.05, 0.1) is 0 Å². The molecule has 0 spiro atoms. The van der Waals surface area contributed by atoms with E-state index in [1.807, 2.05) is 0 Å². The van der Waals surface area contributed by atoms with Gasteiger partial charge in [-0.05, 0) is 24.3 Å². The van der Waals surface area contributed by atoms with Gasteiger partial charge in [0.1, 0.15) is 10.7 Å². The van der Waals surface area contributed by atoms with Crippen molar-refractivity contribution in [3.05, 3.63) is 53.5 Å². The molecule has 0 radical (unpaired) electrons. The molecule has 2 rings (SSSR count). The first-order valence-corrected chi connectivity index (χ1v) is 10.6. The van der Waals surface area contributed by atoms with Crippen molar-refractivity contribution < 1.29 is 35.5 Å². The van der Waals surface area contributed by atoms with Gasteiger partial charge >= 0.3 is 6.18 Å². The second kappa shape index (κ2) is 10.1. The molecular formula is C19H21F4N3O4S. The van der Waals surface area contributed by atoms with E-state index < -0.39 is 39.4 Å². The Balaban J connectivity index is 2.20. The molecule has 170 valence electrons. The largest absolute Gasteiger partial charge is 0.468 e. The van der Waals surface area contributed by atoms with Crippen LogP contribution >= 0.6 is 0 Å². The van der Waals surface area contributed by atoms with Gasteiger partial charge in [-0.15, -0.1) is 0 Å². The summed E-state index contributed by atoms with van der Waals surface area (Å²) in [5.41, 5.74) is 0.0481. The summed E-state index contributed by atoms with van der Waals surface area (Å²) in [6, 6.07) is 5.76. The third-order valence-corrected chi connectivity index (χ3v) is 6.24. The molecule has 0 bridgehead atoms. The number of sulfonamides is 1. The Morgan fingerprint density at radius 3 is 2.48 bits per heavy atom. The highest BCUT2D eigenvalue weighted by Crippen LogP contribution is 2.22. The SMILES string of the molecule is CCN(CC)S(=O)(=O)c1cc(C(=O)NCc2cccnc2OCC(F)(F)F)ccc1F. The molecule has 1 aromatic carbocycles. The number of aromatic nitrogens is 1. The number of halogens is 4. The van der Waals surface area contributed by atoms with Gasteiger partial charge in [0.15, 0.2) is 6.61 Å². The first-order chi connectivity index (χ1) is 14.5. The lowest BCUT2D eigenvalue weighted by molar-refractivity contribution is -0.154. The van der Waals surface area contributed by atoms with E-state index >= 15 is 0 Å². The van der Waals surface area contributed by atoms with Gasteiger partial charge in [-0.2, -0.15) is 17.5 Å². The summed E-state index contributed by atoms with van der Waals surface area (Å²) >= 11 is 0. The van der Waals surface area contributed by atoms with Crippen LogP contribution in [0.3, 0.4) is 0 Å². The number of carbonyl (C=O) groups excluding carboxylic acids is 1. The summed E-state index contributed by atoms with van der Waals surface area (Å²) in [5.74, 6) is -2.05. The quantitative estimate of drug-likeness (QED) is 0.578. The smallest absolute Gasteiger partial charge is 0.422 e. The number of carbonyl (C=O) groups is 1. The van der Waals surface area contributed by atoms with E-state index in [4.69, 9.17) is 0 Å². The van der Waals surface area contributed by atoms with Crippen LogP contribution < -0.4 is 10.1 Å². The number of hydrogen-bond acceptors (Lipinski definition) is 5. The summed E-state index contributed by atoms with van der Waals surface area (Å²) in [5, 5.41) is 2.44. The van der Waals surface area contributed by atoms with E-state index in [1.165, 1.54) is 18.3 Å². The maximum absolute atomic E-state index is 14.2. The Morgan fingerprint density at radius 1 is 1.19 bits per heavy atom. The van der Waals surface area contributed by atoms with Crippen LogP contribution in [0.1, 0.15) is 29.8 Å². The third kappa shape index (κ3) is 6.37. The number of amides is 1. The topological polar surface area (TPSA) is 88.6 Å². The summed E-state index contributed by atoms with van der Waals surface area (Å²) in [4.78, 5) is 15.5. The summed E-state index contributed by atoms with van der Waals surface area (Å²) in [6.07, 6.45) is -3.32. The van der Waals surface area contributed by atoms with E-state index in [-0.39, 0.29) is 36.6 Å². The number of alkyl halides is 3. The van der Waals surface area contributed by atoms with Crippen molar-refractivity contribution >= 4 is 15.9 Å². The molecule has 1 heterocycles. The Labute approximate surface area is 177 Å². The van der Waals surface area contributed by atoms with Crippen LogP contribution in [0.15, 0.2) is 41.4 Å². The van der Waals surface area contributed by atoms with Gasteiger partial charge < -0.3 is 10.1 Å². The van der Waals surface area contributed by atoms with E-state index in [0.717, 1.165) is 22.5 Å². The number of nitrogens with one attached hydrogen (secondary N) is 1. The molecule has 1 aromatic heterocycles. The van der Waals surface area contributed by atoms with Gasteiger partial charge in [0, 0.05) is 37.0 Å². The highest BCUT2D eigenvalue weighted by Gasteiger charge is 2.29. The molecule has 7 nitrogen and oxygen atoms in total. The van der Waals surface area contributed by atoms with E-state index in [1.54, 1.807) is 13.8 Å². The number of pyridine rings is 1. The van der Waals surface area contributed by atoms with Crippen LogP contribution in [-0.2, 0) is 16.6 Å². The molecule has 0 saturated carbocycles. The van der Waals surface area contributed by atoms with Crippen molar-refractivity contribution in [2.75, 3.05) is 19.7 Å². The van der Waals surface area contributed by atoms with Gasteiger partial charge in [0.25, 0.3) is 5.91 Å². The zero-order chi connectivity index (χ0) is 23.2. The fraction of sp³-hybridized carbons (Fsp3) is 0.368. The lowest BCUT2D eigenvalue weighted by Crippen LogP contribution is -2.31. The average Bonchev–Trinajstić information content (AvgIpc) is 2.71. The summed E-state index contributed by atoms with van der Waals surface area (Å²) in [6.45, 7) is 1.65. The van der Waals surface area contributed by atoms with Gasteiger partial charge in [-0.25, -0.2) is 17.8 Å². The number of rotatable bonds is 9. The highest BCUT2D eigenvalue weighted by atomic mass is 32.2. The molecule has 0 saturated heterocycles. The number of ether oxygens (including phenoxy) is 1. The lowest BCUT2D eigenvalue weighted by atomic mass is 10.2. The lowest BCUT2D eigenvalue weighted by Gasteiger charge is -2.19. The van der Waals surface area contributed by atoms with E-state index in [2.05, 4.69) is 15.0 Å². The second-order valence-electron chi connectivity index (χ2n) is 6.29. The van der Waals surface area contributed by atoms with E-state index in [0.29, 0.717) is 0 Å². The predicted molar refractivity (Wildman–Crippen MR) is 103 cm³/mol. The zero-order valence-electron chi connectivity index (χ0n) is 16.7. The van der Waals surface area contributed by atoms with Crippen molar-refractivity contribution in [1.82, 2.24) is 14.6 Å². The first-order valence-electron chi connectivity index (χ1n) is 9.21. The molecule has 1 N–H and O–H groups in total. The Hall–Kier alpha value is -2.73. The molecule has 2 aromatic rings. The third-order valence-electron chi connectivity index (χ3n) is 4.18. The number of hydrogen-bond donors (Lipinski definition) is 1.